The Kier molecular flexibility index (Phi) is 4.79. The van der Waals surface area contributed by atoms with E-state index in [0.717, 1.165) is 13.0 Å². The molecule has 1 aromatic carbocycles. The zero-order valence-corrected chi connectivity index (χ0v) is 9.66. The molecule has 0 radical (unpaired) electrons. The molecule has 0 unspecified atom stereocenters. The smallest absolute Gasteiger partial charge is 0.119 e. The molecule has 0 aromatic heterocycles. The highest BCUT2D eigenvalue weighted by Crippen LogP contribution is 2.12. The number of aromatic carboxylic acids is 1. The van der Waals surface area contributed by atoms with Gasteiger partial charge >= 0.3 is 0 Å². The molecule has 0 fully saturated rings. The van der Waals surface area contributed by atoms with E-state index in [0.29, 0.717) is 12.4 Å². The molecular formula is C12H17NO3. The first kappa shape index (κ1) is 12.5. The van der Waals surface area contributed by atoms with Crippen LogP contribution in [0.25, 0.3) is 0 Å². The fraction of sp³-hybridized carbons (Fsp3) is 0.417. The fourth-order valence-electron chi connectivity index (χ4n) is 1.33. The van der Waals surface area contributed by atoms with Crippen LogP contribution in [0.2, 0.25) is 0 Å². The summed E-state index contributed by atoms with van der Waals surface area (Å²) in [7, 11) is 4.16. The zero-order valence-electron chi connectivity index (χ0n) is 9.66. The lowest BCUT2D eigenvalue weighted by Crippen LogP contribution is -3.05. The third-order valence-corrected chi connectivity index (χ3v) is 2.16. The van der Waals surface area contributed by atoms with Crippen molar-refractivity contribution in [3.63, 3.8) is 0 Å². The maximum absolute atomic E-state index is 10.6. The molecule has 0 heterocycles. The molecule has 4 heteroatoms. The monoisotopic (exact) mass is 223 g/mol. The minimum absolute atomic E-state index is 0.149. The van der Waals surface area contributed by atoms with Crippen molar-refractivity contribution in [2.24, 2.45) is 0 Å². The molecule has 1 N–H and O–H groups in total. The summed E-state index contributed by atoms with van der Waals surface area (Å²) >= 11 is 0. The van der Waals surface area contributed by atoms with Gasteiger partial charge in [-0.05, 0) is 12.1 Å². The fourth-order valence-corrected chi connectivity index (χ4v) is 1.33. The number of carbonyl (C=O) groups excluding carboxylic acids is 1. The molecule has 0 saturated carbocycles. The Morgan fingerprint density at radius 3 is 2.81 bits per heavy atom. The number of carboxylic acids is 1. The van der Waals surface area contributed by atoms with E-state index in [9.17, 15) is 9.90 Å². The van der Waals surface area contributed by atoms with Crippen LogP contribution >= 0.6 is 0 Å². The summed E-state index contributed by atoms with van der Waals surface area (Å²) in [5.41, 5.74) is 0.149. The summed E-state index contributed by atoms with van der Waals surface area (Å²) in [6, 6.07) is 6.37. The van der Waals surface area contributed by atoms with Gasteiger partial charge in [-0.2, -0.15) is 0 Å². The van der Waals surface area contributed by atoms with Crippen molar-refractivity contribution in [2.45, 2.75) is 6.42 Å². The summed E-state index contributed by atoms with van der Waals surface area (Å²) in [5, 5.41) is 10.6. The molecule has 1 aromatic rings. The second-order valence-corrected chi connectivity index (χ2v) is 3.97. The largest absolute Gasteiger partial charge is 0.545 e. The molecule has 1 rings (SSSR count). The number of nitrogens with one attached hydrogen (secondary N) is 1. The van der Waals surface area contributed by atoms with Gasteiger partial charge in [-0.25, -0.2) is 0 Å². The van der Waals surface area contributed by atoms with Gasteiger partial charge < -0.3 is 19.5 Å². The van der Waals surface area contributed by atoms with Crippen LogP contribution in [0, 0.1) is 0 Å². The SMILES string of the molecule is C[NH+](C)CCCOc1cccc(C(=O)[O-])c1. The highest BCUT2D eigenvalue weighted by molar-refractivity contribution is 5.86. The molecule has 0 aliphatic carbocycles. The first-order valence-corrected chi connectivity index (χ1v) is 5.33. The lowest BCUT2D eigenvalue weighted by molar-refractivity contribution is -0.858. The van der Waals surface area contributed by atoms with Crippen LogP contribution in [-0.4, -0.2) is 33.2 Å². The average molecular weight is 223 g/mol. The maximum Gasteiger partial charge on any atom is 0.119 e. The molecule has 0 atom stereocenters. The molecule has 0 amide bonds. The number of carboxylic acid groups (broad SMARTS) is 1. The van der Waals surface area contributed by atoms with Gasteiger partial charge in [0.15, 0.2) is 0 Å². The van der Waals surface area contributed by atoms with Gasteiger partial charge in [0, 0.05) is 12.0 Å². The van der Waals surface area contributed by atoms with Crippen molar-refractivity contribution in [1.82, 2.24) is 0 Å². The van der Waals surface area contributed by atoms with Gasteiger partial charge in [0.25, 0.3) is 0 Å². The van der Waals surface area contributed by atoms with Crippen molar-refractivity contribution in [2.75, 3.05) is 27.2 Å². The Morgan fingerprint density at radius 1 is 1.44 bits per heavy atom. The van der Waals surface area contributed by atoms with E-state index in [1.807, 2.05) is 0 Å². The lowest BCUT2D eigenvalue weighted by atomic mass is 10.2. The number of ether oxygens (including phenoxy) is 1. The van der Waals surface area contributed by atoms with E-state index in [1.165, 1.54) is 17.0 Å². The van der Waals surface area contributed by atoms with Crippen LogP contribution in [0.15, 0.2) is 24.3 Å². The second kappa shape index (κ2) is 6.12. The molecule has 16 heavy (non-hydrogen) atoms. The van der Waals surface area contributed by atoms with Crippen LogP contribution < -0.4 is 14.7 Å². The van der Waals surface area contributed by atoms with Crippen molar-refractivity contribution in [3.8, 4) is 5.75 Å². The Hall–Kier alpha value is -1.55. The topological polar surface area (TPSA) is 53.8 Å². The van der Waals surface area contributed by atoms with Crippen LogP contribution in [0.1, 0.15) is 16.8 Å². The average Bonchev–Trinajstić information content (AvgIpc) is 2.24. The third-order valence-electron chi connectivity index (χ3n) is 2.16. The second-order valence-electron chi connectivity index (χ2n) is 3.97. The van der Waals surface area contributed by atoms with Crippen molar-refractivity contribution in [3.05, 3.63) is 29.8 Å². The Bertz CT molecular complexity index is 350. The molecule has 0 spiro atoms. The Labute approximate surface area is 95.5 Å². The number of quaternary nitrogens is 1. The van der Waals surface area contributed by atoms with E-state index >= 15 is 0 Å². The predicted molar refractivity (Wildman–Crippen MR) is 58.6 cm³/mol. The van der Waals surface area contributed by atoms with E-state index in [-0.39, 0.29) is 5.56 Å². The van der Waals surface area contributed by atoms with Crippen LogP contribution in [-0.2, 0) is 0 Å². The molecule has 0 saturated heterocycles. The summed E-state index contributed by atoms with van der Waals surface area (Å²) < 4.78 is 5.44. The predicted octanol–water partition coefficient (Wildman–Crippen LogP) is -1.04. The molecular weight excluding hydrogens is 206 g/mol. The van der Waals surface area contributed by atoms with Gasteiger partial charge in [0.2, 0.25) is 0 Å². The first-order chi connectivity index (χ1) is 7.59. The summed E-state index contributed by atoms with van der Waals surface area (Å²) in [6.07, 6.45) is 0.942. The van der Waals surface area contributed by atoms with Crippen LogP contribution in [0.5, 0.6) is 5.75 Å². The van der Waals surface area contributed by atoms with Gasteiger partial charge in [0.1, 0.15) is 5.75 Å². The van der Waals surface area contributed by atoms with E-state index < -0.39 is 5.97 Å². The molecule has 0 aliphatic heterocycles. The van der Waals surface area contributed by atoms with Crippen LogP contribution in [0.3, 0.4) is 0 Å². The minimum atomic E-state index is -1.18. The third kappa shape index (κ3) is 4.31. The maximum atomic E-state index is 10.6. The Morgan fingerprint density at radius 2 is 2.19 bits per heavy atom. The number of hydrogen-bond acceptors (Lipinski definition) is 3. The highest BCUT2D eigenvalue weighted by Gasteiger charge is 1.98. The zero-order chi connectivity index (χ0) is 12.0. The van der Waals surface area contributed by atoms with Gasteiger partial charge in [-0.3, -0.25) is 0 Å². The number of carbonyl (C=O) groups is 1. The standard InChI is InChI=1S/C12H17NO3/c1-13(2)7-4-8-16-11-6-3-5-10(9-11)12(14)15/h3,5-6,9H,4,7-8H2,1-2H3,(H,14,15). The first-order valence-electron chi connectivity index (χ1n) is 5.33. The van der Waals surface area contributed by atoms with E-state index in [4.69, 9.17) is 4.74 Å². The van der Waals surface area contributed by atoms with Crippen molar-refractivity contribution in [1.29, 1.82) is 0 Å². The summed E-state index contributed by atoms with van der Waals surface area (Å²) in [6.45, 7) is 1.63. The van der Waals surface area contributed by atoms with Crippen molar-refractivity contribution < 1.29 is 19.5 Å². The van der Waals surface area contributed by atoms with E-state index in [1.54, 1.807) is 12.1 Å². The molecule has 0 bridgehead atoms. The van der Waals surface area contributed by atoms with Crippen molar-refractivity contribution >= 4 is 5.97 Å². The van der Waals surface area contributed by atoms with Gasteiger partial charge in [-0.1, -0.05) is 12.1 Å². The number of rotatable bonds is 6. The van der Waals surface area contributed by atoms with Crippen LogP contribution in [0.4, 0.5) is 0 Å². The van der Waals surface area contributed by atoms with Gasteiger partial charge in [-0.15, -0.1) is 0 Å². The lowest BCUT2D eigenvalue weighted by Gasteiger charge is -2.10. The summed E-state index contributed by atoms with van der Waals surface area (Å²) in [5.74, 6) is -0.598. The number of benzene rings is 1. The number of hydrogen-bond donors (Lipinski definition) is 1. The molecule has 4 nitrogen and oxygen atoms in total. The summed E-state index contributed by atoms with van der Waals surface area (Å²) in [4.78, 5) is 12.0. The minimum Gasteiger partial charge on any atom is -0.545 e. The normalized spacial score (nSPS) is 10.4. The molecule has 0 aliphatic rings. The Balaban J connectivity index is 2.42. The highest BCUT2D eigenvalue weighted by atomic mass is 16.5. The van der Waals surface area contributed by atoms with Gasteiger partial charge in [0.05, 0.1) is 33.2 Å². The quantitative estimate of drug-likeness (QED) is 0.627. The van der Waals surface area contributed by atoms with E-state index in [2.05, 4.69) is 14.1 Å². The molecule has 88 valence electrons.